The number of fused-ring (bicyclic) bond motifs is 3. The molecule has 1 aromatic heterocycles. The SMILES string of the molecule is CC(N1CN([C@H]2c3ccccc3CSc3ccccc32)n2ccc(=O)c(OCOC(=O)OCCO)c2C1=O)C(F)(F)F. The minimum atomic E-state index is -4.77. The Bertz CT molecular complexity index is 1500. The highest BCUT2D eigenvalue weighted by Crippen LogP contribution is 2.43. The van der Waals surface area contributed by atoms with Gasteiger partial charge in [0.1, 0.15) is 19.3 Å². The number of carbonyl (C=O) groups is 2. The molecule has 0 radical (unpaired) electrons. The number of aliphatic hydroxyl groups is 1. The maximum absolute atomic E-state index is 14.1. The van der Waals surface area contributed by atoms with Crippen molar-refractivity contribution >= 4 is 23.8 Å². The molecule has 1 N–H and O–H groups in total. The van der Waals surface area contributed by atoms with Gasteiger partial charge in [0, 0.05) is 22.9 Å². The lowest BCUT2D eigenvalue weighted by atomic mass is 9.94. The van der Waals surface area contributed by atoms with Gasteiger partial charge >= 0.3 is 12.3 Å². The van der Waals surface area contributed by atoms with Gasteiger partial charge in [-0.15, -0.1) is 11.8 Å². The molecule has 2 aromatic carbocycles. The van der Waals surface area contributed by atoms with Crippen LogP contribution in [0.15, 0.2) is 70.5 Å². The Balaban J connectivity index is 1.65. The highest BCUT2D eigenvalue weighted by atomic mass is 32.2. The molecule has 1 amide bonds. The first-order valence-electron chi connectivity index (χ1n) is 12.8. The van der Waals surface area contributed by atoms with Crippen LogP contribution in [0, 0.1) is 0 Å². The molecule has 3 heterocycles. The van der Waals surface area contributed by atoms with E-state index in [1.165, 1.54) is 10.9 Å². The summed E-state index contributed by atoms with van der Waals surface area (Å²) in [7, 11) is 0. The van der Waals surface area contributed by atoms with Gasteiger partial charge in [-0.05, 0) is 29.7 Å². The average Bonchev–Trinajstić information content (AvgIpc) is 3.13. The minimum absolute atomic E-state index is 0.345. The van der Waals surface area contributed by atoms with Gasteiger partial charge in [-0.1, -0.05) is 42.5 Å². The van der Waals surface area contributed by atoms with E-state index in [0.29, 0.717) is 10.7 Å². The maximum Gasteiger partial charge on any atom is 0.511 e. The summed E-state index contributed by atoms with van der Waals surface area (Å²) >= 11 is 1.59. The summed E-state index contributed by atoms with van der Waals surface area (Å²) in [6.45, 7) is -1.25. The zero-order valence-electron chi connectivity index (χ0n) is 22.2. The molecule has 10 nitrogen and oxygen atoms in total. The first-order valence-corrected chi connectivity index (χ1v) is 13.8. The molecule has 0 spiro atoms. The zero-order valence-corrected chi connectivity index (χ0v) is 23.1. The van der Waals surface area contributed by atoms with Crippen molar-refractivity contribution in [1.82, 2.24) is 9.58 Å². The van der Waals surface area contributed by atoms with Crippen LogP contribution in [0.2, 0.25) is 0 Å². The molecule has 2 aliphatic rings. The van der Waals surface area contributed by atoms with Crippen LogP contribution in [0.25, 0.3) is 0 Å². The van der Waals surface area contributed by atoms with Crippen LogP contribution in [-0.2, 0) is 15.2 Å². The fraction of sp³-hybridized carbons (Fsp3) is 0.321. The van der Waals surface area contributed by atoms with Crippen LogP contribution in [0.5, 0.6) is 5.75 Å². The molecule has 0 saturated carbocycles. The normalized spacial score (nSPS) is 17.0. The second kappa shape index (κ2) is 12.0. The predicted molar refractivity (Wildman–Crippen MR) is 145 cm³/mol. The van der Waals surface area contributed by atoms with E-state index in [1.807, 2.05) is 48.5 Å². The predicted octanol–water partition coefficient (Wildman–Crippen LogP) is 4.03. The van der Waals surface area contributed by atoms with Gasteiger partial charge in [-0.3, -0.25) is 19.3 Å². The second-order valence-corrected chi connectivity index (χ2v) is 10.4. The zero-order chi connectivity index (χ0) is 30.0. The summed E-state index contributed by atoms with van der Waals surface area (Å²) in [5.74, 6) is -1.06. The number of hydrogen-bond acceptors (Lipinski definition) is 9. The Kier molecular flexibility index (Phi) is 8.36. The number of aromatic nitrogens is 1. The first kappa shape index (κ1) is 29.3. The highest BCUT2D eigenvalue weighted by molar-refractivity contribution is 7.98. The number of ether oxygens (including phenoxy) is 3. The molecule has 14 heteroatoms. The van der Waals surface area contributed by atoms with E-state index in [4.69, 9.17) is 14.6 Å². The Morgan fingerprint density at radius 3 is 2.52 bits per heavy atom. The van der Waals surface area contributed by atoms with Crippen molar-refractivity contribution in [3.8, 4) is 5.75 Å². The maximum atomic E-state index is 14.1. The third kappa shape index (κ3) is 5.63. The van der Waals surface area contributed by atoms with Crippen LogP contribution in [-0.4, -0.2) is 65.6 Å². The quantitative estimate of drug-likeness (QED) is 0.315. The Morgan fingerprint density at radius 2 is 1.79 bits per heavy atom. The van der Waals surface area contributed by atoms with E-state index in [9.17, 15) is 27.6 Å². The molecule has 42 heavy (non-hydrogen) atoms. The average molecular weight is 606 g/mol. The molecular weight excluding hydrogens is 579 g/mol. The summed E-state index contributed by atoms with van der Waals surface area (Å²) < 4.78 is 58.2. The lowest BCUT2D eigenvalue weighted by molar-refractivity contribution is -0.173. The molecule has 3 aromatic rings. The van der Waals surface area contributed by atoms with E-state index in [1.54, 1.807) is 16.8 Å². The van der Waals surface area contributed by atoms with Gasteiger partial charge in [-0.2, -0.15) is 13.2 Å². The Labute approximate surface area is 242 Å². The molecule has 1 unspecified atom stereocenters. The van der Waals surface area contributed by atoms with Crippen molar-refractivity contribution in [2.75, 3.05) is 31.7 Å². The van der Waals surface area contributed by atoms with Gasteiger partial charge in [0.2, 0.25) is 18.0 Å². The summed E-state index contributed by atoms with van der Waals surface area (Å²) in [5, 5.41) is 10.4. The number of carbonyl (C=O) groups excluding carboxylic acids is 2. The molecule has 0 fully saturated rings. The van der Waals surface area contributed by atoms with Crippen molar-refractivity contribution in [1.29, 1.82) is 0 Å². The summed E-state index contributed by atoms with van der Waals surface area (Å²) in [6.07, 6.45) is -4.66. The molecule has 2 atom stereocenters. The van der Waals surface area contributed by atoms with Gasteiger partial charge in [-0.25, -0.2) is 4.79 Å². The molecule has 2 aliphatic heterocycles. The highest BCUT2D eigenvalue weighted by Gasteiger charge is 2.47. The summed E-state index contributed by atoms with van der Waals surface area (Å²) in [5.41, 5.74) is 1.34. The number of alkyl halides is 3. The van der Waals surface area contributed by atoms with Crippen LogP contribution < -0.4 is 15.2 Å². The molecule has 0 aliphatic carbocycles. The standard InChI is InChI=1S/C28H26F3N3O7S/c1-17(28(29,30)31)32-15-34(23-19-7-3-2-6-18(19)14-42-22-9-5-4-8-20(22)23)33-11-10-21(36)25(24(33)26(32)37)40-16-41-27(38)39-13-12-35/h2-11,17,23,35H,12-16H2,1H3/t17?,23-/m0/s1. The van der Waals surface area contributed by atoms with E-state index in [-0.39, 0.29) is 6.61 Å². The van der Waals surface area contributed by atoms with Crippen LogP contribution in [0.3, 0.4) is 0 Å². The topological polar surface area (TPSA) is 111 Å². The first-order chi connectivity index (χ1) is 20.1. The monoisotopic (exact) mass is 605 g/mol. The van der Waals surface area contributed by atoms with E-state index < -0.39 is 67.3 Å². The summed E-state index contributed by atoms with van der Waals surface area (Å²) in [4.78, 5) is 39.9. The number of pyridine rings is 1. The van der Waals surface area contributed by atoms with Gasteiger partial charge in [0.15, 0.2) is 5.69 Å². The number of benzene rings is 2. The van der Waals surface area contributed by atoms with Crippen molar-refractivity contribution < 1.29 is 42.1 Å². The Morgan fingerprint density at radius 1 is 1.07 bits per heavy atom. The number of nitrogens with zero attached hydrogens (tertiary/aromatic N) is 3. The molecular formula is C28H26F3N3O7S. The number of rotatable bonds is 7. The van der Waals surface area contributed by atoms with Crippen molar-refractivity contribution in [3.05, 3.63) is 93.4 Å². The molecule has 0 bridgehead atoms. The van der Waals surface area contributed by atoms with Crippen molar-refractivity contribution in [2.24, 2.45) is 0 Å². The van der Waals surface area contributed by atoms with Crippen molar-refractivity contribution in [2.45, 2.75) is 35.8 Å². The summed E-state index contributed by atoms with van der Waals surface area (Å²) in [6, 6.07) is 13.3. The van der Waals surface area contributed by atoms with Gasteiger partial charge < -0.3 is 24.2 Å². The molecule has 5 rings (SSSR count). The van der Waals surface area contributed by atoms with Gasteiger partial charge in [0.25, 0.3) is 5.91 Å². The smallest absolute Gasteiger partial charge is 0.451 e. The van der Waals surface area contributed by atoms with Gasteiger partial charge in [0.05, 0.1) is 12.6 Å². The van der Waals surface area contributed by atoms with E-state index in [2.05, 4.69) is 4.74 Å². The molecule has 0 saturated heterocycles. The fourth-order valence-electron chi connectivity index (χ4n) is 4.89. The van der Waals surface area contributed by atoms with Crippen LogP contribution in [0.1, 0.15) is 40.1 Å². The minimum Gasteiger partial charge on any atom is -0.451 e. The van der Waals surface area contributed by atoms with Crippen molar-refractivity contribution in [3.63, 3.8) is 0 Å². The number of halogens is 3. The second-order valence-electron chi connectivity index (χ2n) is 9.43. The number of hydrogen-bond donors (Lipinski definition) is 1. The van der Waals surface area contributed by atoms with Crippen LogP contribution in [0.4, 0.5) is 18.0 Å². The lowest BCUT2D eigenvalue weighted by Crippen LogP contribution is -2.60. The lowest BCUT2D eigenvalue weighted by Gasteiger charge is -2.46. The number of amides is 1. The number of thioether (sulfide) groups is 1. The molecule has 222 valence electrons. The number of aliphatic hydroxyl groups excluding tert-OH is 1. The third-order valence-corrected chi connectivity index (χ3v) is 8.09. The van der Waals surface area contributed by atoms with Crippen LogP contribution >= 0.6 is 11.8 Å². The Hall–Kier alpha value is -4.17. The van der Waals surface area contributed by atoms with E-state index in [0.717, 1.165) is 34.6 Å². The fourth-order valence-corrected chi connectivity index (χ4v) is 5.98. The third-order valence-electron chi connectivity index (χ3n) is 6.95. The van der Waals surface area contributed by atoms with E-state index >= 15 is 0 Å². The largest absolute Gasteiger partial charge is 0.511 e.